The lowest BCUT2D eigenvalue weighted by Crippen LogP contribution is -2.50. The predicted octanol–water partition coefficient (Wildman–Crippen LogP) is 6.01. The molecule has 0 N–H and O–H groups in total. The highest BCUT2D eigenvalue weighted by molar-refractivity contribution is 6.51. The largest absolute Gasteiger partial charge is 0.126 e. The fourth-order valence-corrected chi connectivity index (χ4v) is 7.83. The molecular weight excluding hydrogens is 404 g/mol. The van der Waals surface area contributed by atoms with Crippen molar-refractivity contribution in [2.45, 2.75) is 32.2 Å². The fraction of sp³-hybridized carbons (Fsp3) is 1.00. The van der Waals surface area contributed by atoms with Gasteiger partial charge in [0, 0.05) is 28.0 Å². The monoisotopic (exact) mass is 410 g/mol. The number of hydrogen-bond donors (Lipinski definition) is 0. The molecule has 0 aromatic carbocycles. The Labute approximate surface area is 146 Å². The number of hydrogen-bond acceptors (Lipinski definition) is 0. The van der Waals surface area contributed by atoms with E-state index >= 15 is 0 Å². The molecule has 4 atom stereocenters. The number of alkyl halides is 8. The third kappa shape index (κ3) is 1.86. The van der Waals surface area contributed by atoms with E-state index in [9.17, 15) is 0 Å². The van der Waals surface area contributed by atoms with Crippen molar-refractivity contribution in [2.75, 3.05) is 5.88 Å². The molecular formula is C10H10Cl8. The molecule has 8 heteroatoms. The van der Waals surface area contributed by atoms with Crippen LogP contribution >= 0.6 is 92.8 Å². The van der Waals surface area contributed by atoms with Crippen molar-refractivity contribution in [3.8, 4) is 0 Å². The molecule has 0 saturated heterocycles. The first kappa shape index (κ1) is 16.7. The summed E-state index contributed by atoms with van der Waals surface area (Å²) in [6, 6.07) is 0. The average molecular weight is 414 g/mol. The van der Waals surface area contributed by atoms with E-state index in [1.54, 1.807) is 0 Å². The van der Waals surface area contributed by atoms with Gasteiger partial charge < -0.3 is 0 Å². The molecule has 18 heavy (non-hydrogen) atoms. The van der Waals surface area contributed by atoms with Crippen LogP contribution in [0.25, 0.3) is 0 Å². The first-order chi connectivity index (χ1) is 8.16. The second kappa shape index (κ2) is 5.20. The van der Waals surface area contributed by atoms with Crippen molar-refractivity contribution < 1.29 is 0 Å². The molecule has 2 bridgehead atoms. The van der Waals surface area contributed by atoms with Crippen molar-refractivity contribution in [1.82, 2.24) is 0 Å². The van der Waals surface area contributed by atoms with E-state index in [4.69, 9.17) is 92.8 Å². The Morgan fingerprint density at radius 1 is 1.06 bits per heavy atom. The lowest BCUT2D eigenvalue weighted by molar-refractivity contribution is 0.144. The first-order valence-corrected chi connectivity index (χ1v) is 8.78. The fourth-order valence-electron chi connectivity index (χ4n) is 3.63. The van der Waals surface area contributed by atoms with Gasteiger partial charge in [0.25, 0.3) is 0 Å². The third-order valence-corrected chi connectivity index (χ3v) is 7.89. The average Bonchev–Trinajstić information content (AvgIpc) is 2.61. The quantitative estimate of drug-likeness (QED) is 0.497. The Kier molecular flexibility index (Phi) is 4.82. The molecule has 0 radical (unpaired) electrons. The minimum absolute atomic E-state index is 0.162. The Morgan fingerprint density at radius 3 is 1.94 bits per heavy atom. The van der Waals surface area contributed by atoms with Gasteiger partial charge in [-0.15, -0.1) is 92.8 Å². The van der Waals surface area contributed by atoms with Gasteiger partial charge in [0.05, 0.1) is 0 Å². The van der Waals surface area contributed by atoms with Crippen LogP contribution in [0.1, 0.15) is 12.8 Å². The normalized spacial score (nSPS) is 46.3. The van der Waals surface area contributed by atoms with Crippen LogP contribution < -0.4 is 0 Å². The lowest BCUT2D eigenvalue weighted by atomic mass is 9.70. The van der Waals surface area contributed by atoms with E-state index < -0.39 is 24.8 Å². The standard InChI is InChI=1S/C10H10Cl8/c11-3-9(7(15)16)4-1-5(12)8(9,6(13)14)2-10(4,17)18/h4-7H,1-3H2/t4-,5-,8+,9-/m1/s1. The van der Waals surface area contributed by atoms with Crippen LogP contribution in [0.2, 0.25) is 0 Å². The van der Waals surface area contributed by atoms with E-state index in [0.29, 0.717) is 12.8 Å². The molecule has 0 aliphatic heterocycles. The summed E-state index contributed by atoms with van der Waals surface area (Å²) in [6.07, 6.45) is 0.884. The zero-order chi connectivity index (χ0) is 13.9. The highest BCUT2D eigenvalue weighted by Crippen LogP contribution is 2.77. The van der Waals surface area contributed by atoms with E-state index in [-0.39, 0.29) is 17.2 Å². The van der Waals surface area contributed by atoms with Gasteiger partial charge >= 0.3 is 0 Å². The first-order valence-electron chi connectivity index (χ1n) is 5.31. The summed E-state index contributed by atoms with van der Waals surface area (Å²) in [5, 5.41) is -0.299. The van der Waals surface area contributed by atoms with Crippen molar-refractivity contribution in [1.29, 1.82) is 0 Å². The summed E-state index contributed by atoms with van der Waals surface area (Å²) in [5.74, 6) is -0.0660. The molecule has 2 aliphatic rings. The molecule has 2 rings (SSSR count). The molecule has 106 valence electrons. The Balaban J connectivity index is 2.64. The minimum atomic E-state index is -1.01. The van der Waals surface area contributed by atoms with Gasteiger partial charge in [-0.1, -0.05) is 0 Å². The van der Waals surface area contributed by atoms with Gasteiger partial charge in [0.1, 0.15) is 14.0 Å². The van der Waals surface area contributed by atoms with E-state index in [1.807, 2.05) is 0 Å². The van der Waals surface area contributed by atoms with Crippen molar-refractivity contribution in [3.05, 3.63) is 0 Å². The Hall–Kier alpha value is 2.32. The molecule has 0 amide bonds. The van der Waals surface area contributed by atoms with Crippen LogP contribution in [0.4, 0.5) is 0 Å². The molecule has 0 aromatic rings. The maximum absolute atomic E-state index is 6.43. The van der Waals surface area contributed by atoms with Gasteiger partial charge in [0.15, 0.2) is 0 Å². The third-order valence-electron chi connectivity index (χ3n) is 4.53. The summed E-state index contributed by atoms with van der Waals surface area (Å²) in [4.78, 5) is -1.58. The number of fused-ring (bicyclic) bond motifs is 2. The molecule has 0 unspecified atom stereocenters. The number of halogens is 8. The second-order valence-electron chi connectivity index (χ2n) is 5.01. The summed E-state index contributed by atoms with van der Waals surface area (Å²) in [7, 11) is 0. The van der Waals surface area contributed by atoms with Gasteiger partial charge in [-0.05, 0) is 12.8 Å². The SMILES string of the molecule is ClC[C@]1(C(Cl)Cl)[C@H]2C[C@@H](Cl)[C@]1(C(Cl)Cl)CC2(Cl)Cl. The van der Waals surface area contributed by atoms with Gasteiger partial charge in [0.2, 0.25) is 0 Å². The van der Waals surface area contributed by atoms with Crippen LogP contribution in [0.15, 0.2) is 0 Å². The molecule has 0 heterocycles. The van der Waals surface area contributed by atoms with Gasteiger partial charge in [-0.25, -0.2) is 0 Å². The molecule has 2 aliphatic carbocycles. The topological polar surface area (TPSA) is 0 Å². The van der Waals surface area contributed by atoms with Crippen LogP contribution in [0.5, 0.6) is 0 Å². The molecule has 0 nitrogen and oxygen atoms in total. The summed E-state index contributed by atoms with van der Waals surface area (Å²) in [5.41, 5.74) is -1.55. The van der Waals surface area contributed by atoms with Crippen LogP contribution in [0, 0.1) is 16.7 Å². The molecule has 0 aromatic heterocycles. The molecule has 2 fully saturated rings. The maximum Gasteiger partial charge on any atom is 0.122 e. The Bertz CT molecular complexity index is 335. The minimum Gasteiger partial charge on any atom is -0.126 e. The summed E-state index contributed by atoms with van der Waals surface area (Å²) in [6.45, 7) is 0. The molecule has 0 spiro atoms. The summed E-state index contributed by atoms with van der Waals surface area (Å²) >= 11 is 50.1. The van der Waals surface area contributed by atoms with Gasteiger partial charge in [-0.2, -0.15) is 0 Å². The van der Waals surface area contributed by atoms with Crippen LogP contribution in [-0.4, -0.2) is 25.3 Å². The molecule has 2 saturated carbocycles. The number of rotatable bonds is 3. The van der Waals surface area contributed by atoms with Crippen LogP contribution in [0.3, 0.4) is 0 Å². The van der Waals surface area contributed by atoms with E-state index in [0.717, 1.165) is 0 Å². The van der Waals surface area contributed by atoms with Crippen LogP contribution in [-0.2, 0) is 0 Å². The van der Waals surface area contributed by atoms with Crippen molar-refractivity contribution >= 4 is 92.8 Å². The van der Waals surface area contributed by atoms with Crippen molar-refractivity contribution in [3.63, 3.8) is 0 Å². The predicted molar refractivity (Wildman–Crippen MR) is 83.4 cm³/mol. The highest BCUT2D eigenvalue weighted by atomic mass is 35.5. The second-order valence-corrected chi connectivity index (χ2v) is 9.54. The highest BCUT2D eigenvalue weighted by Gasteiger charge is 2.79. The van der Waals surface area contributed by atoms with E-state index in [2.05, 4.69) is 0 Å². The summed E-state index contributed by atoms with van der Waals surface area (Å²) < 4.78 is -1.01. The van der Waals surface area contributed by atoms with E-state index in [1.165, 1.54) is 0 Å². The zero-order valence-electron chi connectivity index (χ0n) is 8.95. The van der Waals surface area contributed by atoms with Gasteiger partial charge in [-0.3, -0.25) is 0 Å². The lowest BCUT2D eigenvalue weighted by Gasteiger charge is -2.45. The zero-order valence-corrected chi connectivity index (χ0v) is 15.0. The van der Waals surface area contributed by atoms with Crippen molar-refractivity contribution in [2.24, 2.45) is 16.7 Å². The smallest absolute Gasteiger partial charge is 0.122 e. The maximum atomic E-state index is 6.43. The Morgan fingerprint density at radius 2 is 1.61 bits per heavy atom.